The van der Waals surface area contributed by atoms with Crippen molar-refractivity contribution in [2.75, 3.05) is 101 Å². The topological polar surface area (TPSA) is 111 Å². The smallest absolute Gasteiger partial charge is 0.258 e. The molecule has 0 N–H and O–H groups in total. The summed E-state index contributed by atoms with van der Waals surface area (Å²) in [5, 5.41) is 0. The second-order valence-electron chi connectivity index (χ2n) is 20.6. The number of benzene rings is 5. The second-order valence-corrected chi connectivity index (χ2v) is 23.7. The lowest BCUT2D eigenvalue weighted by Crippen LogP contribution is -2.38. The van der Waals surface area contributed by atoms with Gasteiger partial charge in [0, 0.05) is 90.4 Å². The third kappa shape index (κ3) is 13.1. The lowest BCUT2D eigenvalue weighted by atomic mass is 9.98. The molecule has 2 amide bonds. The van der Waals surface area contributed by atoms with E-state index in [2.05, 4.69) is 80.4 Å². The van der Waals surface area contributed by atoms with Crippen LogP contribution in [0.2, 0.25) is 0 Å². The monoisotopic (exact) mass is 1070 g/mol. The normalized spacial score (nSPS) is 16.5. The van der Waals surface area contributed by atoms with Crippen LogP contribution in [0.15, 0.2) is 91.0 Å². The standard InChI is InChI=1S/C61H74N4O9S2/c1-8-21-70-22-13-28-75-76-61(3,4)41-63(20-23-71-26-27-72-25-24-68-6)49-31-43(39-73-56-35-45-18-19-48-33-46-14-9-11-16-53(46)64(48)59(66)51(45)29-42(56)2)30-44(32-49)40-74-58-37-55-52(36-57(58)69-7)60(67)65-50(38-62(55)5)34-47-15-10-12-17-54(47)65/h9-12,14-17,29-32,35-37,48,50H,8,13,18-28,33-34,39-41H2,1-7H3/t48-,50+/m1/s1. The molecule has 5 aromatic rings. The minimum Gasteiger partial charge on any atom is -0.493 e. The maximum atomic E-state index is 14.4. The number of carbonyl (C=O) groups excluding carboxylic acids is 2. The molecule has 5 aromatic carbocycles. The SMILES string of the molecule is CCCOCCCSSC(C)(C)CN(CCOCCOCCOC)c1cc(COc2cc3c(cc2C)C(=O)N2c4ccccc4C[C@H]2CC3)cc(COc2cc3c(cc2OC)C(=O)N2c4ccccc4C[C@H]2[C-]=[N+]3C)c1. The van der Waals surface area contributed by atoms with Gasteiger partial charge in [-0.1, -0.05) is 64.9 Å². The Morgan fingerprint density at radius 1 is 0.724 bits per heavy atom. The van der Waals surface area contributed by atoms with E-state index >= 15 is 0 Å². The summed E-state index contributed by atoms with van der Waals surface area (Å²) in [5.41, 5.74) is 11.1. The summed E-state index contributed by atoms with van der Waals surface area (Å²) < 4.78 is 44.1. The number of para-hydroxylation sites is 2. The Bertz CT molecular complexity index is 2880. The van der Waals surface area contributed by atoms with Crippen LogP contribution in [0, 0.1) is 6.92 Å². The van der Waals surface area contributed by atoms with Crippen molar-refractivity contribution in [1.82, 2.24) is 0 Å². The molecular formula is C61H74N4O9S2. The summed E-state index contributed by atoms with van der Waals surface area (Å²) in [4.78, 5) is 34.9. The number of hydrogen-bond donors (Lipinski definition) is 0. The molecule has 0 saturated carbocycles. The van der Waals surface area contributed by atoms with Crippen molar-refractivity contribution in [2.24, 2.45) is 0 Å². The van der Waals surface area contributed by atoms with Crippen LogP contribution in [0.4, 0.5) is 22.7 Å². The van der Waals surface area contributed by atoms with E-state index in [-0.39, 0.29) is 41.9 Å². The second kappa shape index (κ2) is 25.7. The minimum atomic E-state index is -0.233. The zero-order valence-electron chi connectivity index (χ0n) is 45.3. The molecule has 9 rings (SSSR count). The first-order chi connectivity index (χ1) is 36.9. The van der Waals surface area contributed by atoms with E-state index in [0.717, 1.165) is 114 Å². The predicted octanol–water partition coefficient (Wildman–Crippen LogP) is 10.9. The highest BCUT2D eigenvalue weighted by atomic mass is 33.1. The number of methoxy groups -OCH3 is 2. The first kappa shape index (κ1) is 55.2. The van der Waals surface area contributed by atoms with Crippen LogP contribution in [-0.2, 0) is 51.4 Å². The maximum Gasteiger partial charge on any atom is 0.258 e. The molecule has 0 radical (unpaired) electrons. The van der Waals surface area contributed by atoms with Crippen LogP contribution in [0.3, 0.4) is 0 Å². The minimum absolute atomic E-state index is 0.0596. The average molecular weight is 1070 g/mol. The zero-order valence-corrected chi connectivity index (χ0v) is 47.0. The summed E-state index contributed by atoms with van der Waals surface area (Å²) in [5.74, 6) is 2.70. The van der Waals surface area contributed by atoms with Gasteiger partial charge in [-0.3, -0.25) is 9.59 Å². The van der Waals surface area contributed by atoms with Gasteiger partial charge in [-0.15, -0.1) is 0 Å². The molecule has 0 spiro atoms. The summed E-state index contributed by atoms with van der Waals surface area (Å²) >= 11 is 0. The van der Waals surface area contributed by atoms with Crippen molar-refractivity contribution in [2.45, 2.75) is 96.3 Å². The molecule has 2 atom stereocenters. The summed E-state index contributed by atoms with van der Waals surface area (Å²) in [7, 11) is 9.00. The fourth-order valence-corrected chi connectivity index (χ4v) is 13.2. The van der Waals surface area contributed by atoms with Gasteiger partial charge in [-0.2, -0.15) is 0 Å². The van der Waals surface area contributed by atoms with Crippen molar-refractivity contribution in [3.8, 4) is 17.2 Å². The Morgan fingerprint density at radius 2 is 1.39 bits per heavy atom. The molecule has 76 heavy (non-hydrogen) atoms. The first-order valence-electron chi connectivity index (χ1n) is 26.8. The summed E-state index contributed by atoms with van der Waals surface area (Å²) in [6, 6.07) is 30.6. The number of amides is 2. The highest BCUT2D eigenvalue weighted by Gasteiger charge is 2.38. The van der Waals surface area contributed by atoms with Crippen LogP contribution in [0.25, 0.3) is 0 Å². The molecule has 4 aliphatic rings. The number of hydrogen-bond acceptors (Lipinski definition) is 12. The van der Waals surface area contributed by atoms with E-state index in [1.165, 1.54) is 5.56 Å². The number of rotatable bonds is 27. The quantitative estimate of drug-likeness (QED) is 0.0216. The number of ether oxygens (including phenoxy) is 7. The van der Waals surface area contributed by atoms with Gasteiger partial charge in [-0.05, 0) is 147 Å². The molecule has 13 nitrogen and oxygen atoms in total. The summed E-state index contributed by atoms with van der Waals surface area (Å²) in [6.45, 7) is 14.7. The third-order valence-corrected chi connectivity index (χ3v) is 17.7. The number of nitrogens with zero attached hydrogens (tertiary/aromatic N) is 4. The van der Waals surface area contributed by atoms with E-state index in [9.17, 15) is 9.59 Å². The van der Waals surface area contributed by atoms with Crippen LogP contribution in [-0.4, -0.2) is 126 Å². The molecule has 404 valence electrons. The van der Waals surface area contributed by atoms with Gasteiger partial charge in [0.15, 0.2) is 5.75 Å². The number of anilines is 3. The Hall–Kier alpha value is -5.55. The van der Waals surface area contributed by atoms with Crippen molar-refractivity contribution >= 4 is 62.4 Å². The molecule has 0 saturated heterocycles. The Balaban J connectivity index is 0.994. The van der Waals surface area contributed by atoms with Crippen LogP contribution in [0.5, 0.6) is 17.2 Å². The van der Waals surface area contributed by atoms with Crippen molar-refractivity contribution in [3.05, 3.63) is 136 Å². The van der Waals surface area contributed by atoms with Gasteiger partial charge in [0.25, 0.3) is 5.91 Å². The highest BCUT2D eigenvalue weighted by Crippen LogP contribution is 2.43. The van der Waals surface area contributed by atoms with Gasteiger partial charge in [0.1, 0.15) is 31.8 Å². The highest BCUT2D eigenvalue weighted by molar-refractivity contribution is 8.77. The van der Waals surface area contributed by atoms with Gasteiger partial charge in [0.2, 0.25) is 5.91 Å². The zero-order chi connectivity index (χ0) is 53.2. The largest absolute Gasteiger partial charge is 0.493 e. The van der Waals surface area contributed by atoms with Gasteiger partial charge in [-0.25, -0.2) is 0 Å². The lowest BCUT2D eigenvalue weighted by Gasteiger charge is -2.34. The first-order valence-corrected chi connectivity index (χ1v) is 29.1. The van der Waals surface area contributed by atoms with Crippen molar-refractivity contribution < 1.29 is 47.3 Å². The number of aryl methyl sites for hydroxylation is 2. The Labute approximate surface area is 457 Å². The molecule has 15 heteroatoms. The van der Waals surface area contributed by atoms with E-state index < -0.39 is 0 Å². The lowest BCUT2D eigenvalue weighted by molar-refractivity contribution is -0.401. The molecule has 0 aromatic heterocycles. The van der Waals surface area contributed by atoms with Crippen LogP contribution < -0.4 is 28.9 Å². The van der Waals surface area contributed by atoms with E-state index in [1.54, 1.807) is 20.3 Å². The van der Waals surface area contributed by atoms with Crippen LogP contribution >= 0.6 is 21.6 Å². The molecule has 4 aliphatic heterocycles. The van der Waals surface area contributed by atoms with Crippen LogP contribution in [0.1, 0.15) is 94.1 Å². The van der Waals surface area contributed by atoms with Gasteiger partial charge in [0.05, 0.1) is 45.8 Å². The van der Waals surface area contributed by atoms with Crippen molar-refractivity contribution in [1.29, 1.82) is 0 Å². The van der Waals surface area contributed by atoms with Crippen molar-refractivity contribution in [3.63, 3.8) is 0 Å². The van der Waals surface area contributed by atoms with Gasteiger partial charge >= 0.3 is 0 Å². The molecule has 0 fully saturated rings. The van der Waals surface area contributed by atoms with E-state index in [4.69, 9.17) is 33.2 Å². The molecule has 0 bridgehead atoms. The molecule has 0 unspecified atom stereocenters. The molecular weight excluding hydrogens is 997 g/mol. The van der Waals surface area contributed by atoms with Gasteiger partial charge < -0.3 is 52.4 Å². The summed E-state index contributed by atoms with van der Waals surface area (Å²) in [6.07, 6.45) is 8.83. The predicted molar refractivity (Wildman–Crippen MR) is 306 cm³/mol. The third-order valence-electron chi connectivity index (χ3n) is 14.3. The van der Waals surface area contributed by atoms with E-state index in [1.807, 2.05) is 86.3 Å². The fraction of sp³-hybridized carbons (Fsp3) is 0.459. The van der Waals surface area contributed by atoms with E-state index in [0.29, 0.717) is 68.7 Å². The molecule has 4 heterocycles. The number of carbonyl (C=O) groups is 2. The Kier molecular flexibility index (Phi) is 18.7. The molecule has 0 aliphatic carbocycles. The Morgan fingerprint density at radius 3 is 2.13 bits per heavy atom. The average Bonchev–Trinajstić information content (AvgIpc) is 3.94. The maximum absolute atomic E-state index is 14.4. The number of fused-ring (bicyclic) bond motifs is 8. The fourth-order valence-electron chi connectivity index (χ4n) is 10.6.